The highest BCUT2D eigenvalue weighted by atomic mass is 28.4. The fraction of sp³-hybridized carbons (Fsp3) is 0.800. The molecule has 1 nitrogen and oxygen atoms in total. The minimum absolute atomic E-state index is 0.658. The van der Waals surface area contributed by atoms with Crippen LogP contribution in [0.25, 0.3) is 0 Å². The summed E-state index contributed by atoms with van der Waals surface area (Å²) in [5.41, 5.74) is 0. The first-order chi connectivity index (χ1) is 5.49. The first-order valence-corrected chi connectivity index (χ1v) is 8.29. The van der Waals surface area contributed by atoms with E-state index in [0.717, 1.165) is 0 Å². The van der Waals surface area contributed by atoms with Crippen LogP contribution in [0.2, 0.25) is 19.6 Å². The Labute approximate surface area is 76.9 Å². The van der Waals surface area contributed by atoms with Crippen LogP contribution in [-0.2, 0) is 4.43 Å². The van der Waals surface area contributed by atoms with Crippen molar-refractivity contribution in [1.82, 2.24) is 0 Å². The van der Waals surface area contributed by atoms with Gasteiger partial charge in [-0.05, 0) is 45.0 Å². The van der Waals surface area contributed by atoms with Crippen LogP contribution in [0.3, 0.4) is 0 Å². The zero-order chi connectivity index (χ0) is 9.19. The Balaban J connectivity index is 2.55. The summed E-state index contributed by atoms with van der Waals surface area (Å²) in [5.74, 6) is 1.92. The van der Waals surface area contributed by atoms with Gasteiger partial charge in [-0.2, -0.15) is 0 Å². The van der Waals surface area contributed by atoms with Crippen molar-refractivity contribution in [1.29, 1.82) is 0 Å². The van der Waals surface area contributed by atoms with Gasteiger partial charge in [0.05, 0.1) is 5.76 Å². The highest BCUT2D eigenvalue weighted by Crippen LogP contribution is 2.27. The van der Waals surface area contributed by atoms with E-state index in [1.165, 1.54) is 25.0 Å². The van der Waals surface area contributed by atoms with E-state index in [0.29, 0.717) is 5.92 Å². The Hall–Kier alpha value is -0.243. The van der Waals surface area contributed by atoms with Crippen LogP contribution in [0.4, 0.5) is 0 Å². The molecule has 0 aromatic heterocycles. The van der Waals surface area contributed by atoms with Crippen LogP contribution in [0, 0.1) is 5.92 Å². The summed E-state index contributed by atoms with van der Waals surface area (Å²) in [6.45, 7) is 9.00. The molecule has 12 heavy (non-hydrogen) atoms. The van der Waals surface area contributed by atoms with Gasteiger partial charge in [0.1, 0.15) is 0 Å². The number of allylic oxidation sites excluding steroid dienone is 2. The van der Waals surface area contributed by atoms with Gasteiger partial charge < -0.3 is 4.43 Å². The van der Waals surface area contributed by atoms with Crippen LogP contribution >= 0.6 is 0 Å². The van der Waals surface area contributed by atoms with E-state index < -0.39 is 8.32 Å². The fourth-order valence-electron chi connectivity index (χ4n) is 1.51. The molecule has 0 N–H and O–H groups in total. The molecule has 0 amide bonds. The van der Waals surface area contributed by atoms with E-state index in [-0.39, 0.29) is 0 Å². The molecule has 0 aliphatic heterocycles. The third-order valence-electron chi connectivity index (χ3n) is 2.10. The monoisotopic (exact) mass is 184 g/mol. The summed E-state index contributed by atoms with van der Waals surface area (Å²) in [6.07, 6.45) is 6.13. The zero-order valence-corrected chi connectivity index (χ0v) is 9.68. The van der Waals surface area contributed by atoms with Crippen molar-refractivity contribution in [2.75, 3.05) is 0 Å². The van der Waals surface area contributed by atoms with Gasteiger partial charge in [-0.1, -0.05) is 6.92 Å². The molecule has 0 heterocycles. The minimum atomic E-state index is -1.35. The maximum absolute atomic E-state index is 5.99. The molecule has 1 atom stereocenters. The summed E-state index contributed by atoms with van der Waals surface area (Å²) >= 11 is 0. The van der Waals surface area contributed by atoms with Gasteiger partial charge in [-0.15, -0.1) is 0 Å². The van der Waals surface area contributed by atoms with Crippen molar-refractivity contribution in [3.63, 3.8) is 0 Å². The second-order valence-electron chi connectivity index (χ2n) is 4.65. The molecule has 2 heteroatoms. The van der Waals surface area contributed by atoms with Gasteiger partial charge in [-0.25, -0.2) is 0 Å². The van der Waals surface area contributed by atoms with Crippen molar-refractivity contribution in [2.45, 2.75) is 45.8 Å². The van der Waals surface area contributed by atoms with Crippen LogP contribution in [0.1, 0.15) is 26.2 Å². The van der Waals surface area contributed by atoms with E-state index in [1.54, 1.807) is 0 Å². The maximum Gasteiger partial charge on any atom is 0.241 e. The second kappa shape index (κ2) is 3.65. The van der Waals surface area contributed by atoms with E-state index in [9.17, 15) is 0 Å². The molecular weight excluding hydrogens is 164 g/mol. The fourth-order valence-corrected chi connectivity index (χ4v) is 2.50. The molecule has 1 aliphatic carbocycles. The molecule has 70 valence electrons. The van der Waals surface area contributed by atoms with E-state index in [1.807, 2.05) is 0 Å². The average Bonchev–Trinajstić information content (AvgIpc) is 1.91. The Morgan fingerprint density at radius 2 is 2.08 bits per heavy atom. The molecule has 0 bridgehead atoms. The lowest BCUT2D eigenvalue weighted by Crippen LogP contribution is -2.27. The average molecular weight is 184 g/mol. The van der Waals surface area contributed by atoms with Gasteiger partial charge in [0, 0.05) is 5.92 Å². The van der Waals surface area contributed by atoms with Crippen molar-refractivity contribution >= 4 is 8.32 Å². The van der Waals surface area contributed by atoms with Gasteiger partial charge in [0.2, 0.25) is 8.32 Å². The minimum Gasteiger partial charge on any atom is -0.547 e. The van der Waals surface area contributed by atoms with Crippen LogP contribution in [0.15, 0.2) is 11.8 Å². The first-order valence-electron chi connectivity index (χ1n) is 4.88. The molecule has 0 fully saturated rings. The normalized spacial score (nSPS) is 25.0. The number of rotatable bonds is 2. The van der Waals surface area contributed by atoms with Crippen molar-refractivity contribution in [3.8, 4) is 0 Å². The molecule has 1 rings (SSSR count). The molecule has 0 aromatic rings. The van der Waals surface area contributed by atoms with E-state index >= 15 is 0 Å². The molecule has 0 saturated heterocycles. The Bertz CT molecular complexity index is 179. The predicted molar refractivity (Wildman–Crippen MR) is 55.5 cm³/mol. The van der Waals surface area contributed by atoms with Gasteiger partial charge in [0.15, 0.2) is 0 Å². The third-order valence-corrected chi connectivity index (χ3v) is 2.94. The lowest BCUT2D eigenvalue weighted by Gasteiger charge is -2.28. The summed E-state index contributed by atoms with van der Waals surface area (Å²) in [5, 5.41) is 0. The molecule has 0 saturated carbocycles. The van der Waals surface area contributed by atoms with Gasteiger partial charge in [-0.3, -0.25) is 0 Å². The topological polar surface area (TPSA) is 9.23 Å². The lowest BCUT2D eigenvalue weighted by atomic mass is 9.96. The Morgan fingerprint density at radius 3 is 2.58 bits per heavy atom. The first kappa shape index (κ1) is 9.84. The highest BCUT2D eigenvalue weighted by molar-refractivity contribution is 6.70. The van der Waals surface area contributed by atoms with Gasteiger partial charge >= 0.3 is 0 Å². The van der Waals surface area contributed by atoms with Gasteiger partial charge in [0.25, 0.3) is 0 Å². The smallest absolute Gasteiger partial charge is 0.241 e. The van der Waals surface area contributed by atoms with E-state index in [4.69, 9.17) is 4.43 Å². The number of hydrogen-bond donors (Lipinski definition) is 0. The van der Waals surface area contributed by atoms with E-state index in [2.05, 4.69) is 32.6 Å². The van der Waals surface area contributed by atoms with Crippen molar-refractivity contribution in [3.05, 3.63) is 11.8 Å². The van der Waals surface area contributed by atoms with Crippen molar-refractivity contribution < 1.29 is 4.43 Å². The molecule has 0 aromatic carbocycles. The molecule has 0 unspecified atom stereocenters. The summed E-state index contributed by atoms with van der Waals surface area (Å²) in [7, 11) is -1.35. The summed E-state index contributed by atoms with van der Waals surface area (Å²) in [4.78, 5) is 0. The standard InChI is InChI=1S/C10H20OSi/c1-9-7-5-6-8-10(9)11-12(2,3)4/h8-9H,5-7H2,1-4H3/t9-/m0/s1. The largest absolute Gasteiger partial charge is 0.547 e. The second-order valence-corrected chi connectivity index (χ2v) is 9.08. The SMILES string of the molecule is C[C@H]1CCCC=C1O[Si](C)(C)C. The maximum atomic E-state index is 5.99. The molecule has 1 aliphatic rings. The molecular formula is C10H20OSi. The van der Waals surface area contributed by atoms with Crippen LogP contribution in [0.5, 0.6) is 0 Å². The zero-order valence-electron chi connectivity index (χ0n) is 8.68. The Kier molecular flexibility index (Phi) is 2.99. The van der Waals surface area contributed by atoms with Crippen molar-refractivity contribution in [2.24, 2.45) is 5.92 Å². The Morgan fingerprint density at radius 1 is 1.42 bits per heavy atom. The quantitative estimate of drug-likeness (QED) is 0.596. The van der Waals surface area contributed by atoms with Crippen LogP contribution in [-0.4, -0.2) is 8.32 Å². The van der Waals surface area contributed by atoms with Crippen LogP contribution < -0.4 is 0 Å². The molecule has 0 spiro atoms. The predicted octanol–water partition coefficient (Wildman–Crippen LogP) is 3.54. The highest BCUT2D eigenvalue weighted by Gasteiger charge is 2.22. The molecule has 0 radical (unpaired) electrons. The third kappa shape index (κ3) is 3.01. The number of hydrogen-bond acceptors (Lipinski definition) is 1. The lowest BCUT2D eigenvalue weighted by molar-refractivity contribution is 0.324. The summed E-state index contributed by atoms with van der Waals surface area (Å²) in [6, 6.07) is 0. The summed E-state index contributed by atoms with van der Waals surface area (Å²) < 4.78 is 5.99.